The summed E-state index contributed by atoms with van der Waals surface area (Å²) in [5.41, 5.74) is 1.85. The molecule has 0 bridgehead atoms. The number of nitrogens with zero attached hydrogens (tertiary/aromatic N) is 1. The van der Waals surface area contributed by atoms with Crippen LogP contribution >= 0.6 is 27.3 Å². The smallest absolute Gasteiger partial charge is 0.124 e. The number of aryl methyl sites for hydroxylation is 1. The van der Waals surface area contributed by atoms with Gasteiger partial charge in [0.05, 0.1) is 12.3 Å². The highest BCUT2D eigenvalue weighted by Gasteiger charge is 2.08. The maximum absolute atomic E-state index is 9.07. The Hall–Kier alpha value is -0.710. The molecule has 0 radical (unpaired) electrons. The van der Waals surface area contributed by atoms with Gasteiger partial charge in [-0.15, -0.1) is 11.3 Å². The number of halogens is 1. The molecule has 1 N–H and O–H groups in total. The van der Waals surface area contributed by atoms with Crippen LogP contribution in [0.4, 0.5) is 0 Å². The molecular weight excluding hydrogens is 274 g/mol. The zero-order valence-corrected chi connectivity index (χ0v) is 10.6. The highest BCUT2D eigenvalue weighted by molar-refractivity contribution is 9.10. The van der Waals surface area contributed by atoms with Crippen molar-refractivity contribution >= 4 is 27.3 Å². The third kappa shape index (κ3) is 2.27. The lowest BCUT2D eigenvalue weighted by atomic mass is 10.2. The number of thiazole rings is 1. The van der Waals surface area contributed by atoms with Gasteiger partial charge >= 0.3 is 0 Å². The Kier molecular flexibility index (Phi) is 3.19. The van der Waals surface area contributed by atoms with Gasteiger partial charge in [0, 0.05) is 14.9 Å². The summed E-state index contributed by atoms with van der Waals surface area (Å²) in [7, 11) is 0. The van der Waals surface area contributed by atoms with Gasteiger partial charge in [0.25, 0.3) is 0 Å². The Labute approximate surface area is 101 Å². The number of aromatic nitrogens is 1. The molecule has 0 amide bonds. The van der Waals surface area contributed by atoms with Crippen LogP contribution in [0.3, 0.4) is 0 Å². The molecule has 4 heteroatoms. The van der Waals surface area contributed by atoms with Crippen molar-refractivity contribution in [2.75, 3.05) is 0 Å². The predicted molar refractivity (Wildman–Crippen MR) is 65.9 cm³/mol. The summed E-state index contributed by atoms with van der Waals surface area (Å²) in [4.78, 5) is 5.46. The van der Waals surface area contributed by atoms with E-state index in [1.165, 1.54) is 0 Å². The normalized spacial score (nSPS) is 10.6. The summed E-state index contributed by atoms with van der Waals surface area (Å²) in [6.45, 7) is 1.99. The van der Waals surface area contributed by atoms with E-state index in [2.05, 4.69) is 20.9 Å². The van der Waals surface area contributed by atoms with Gasteiger partial charge in [0.15, 0.2) is 0 Å². The van der Waals surface area contributed by atoms with E-state index in [0.29, 0.717) is 0 Å². The van der Waals surface area contributed by atoms with Crippen molar-refractivity contribution in [1.29, 1.82) is 0 Å². The Morgan fingerprint density at radius 3 is 2.87 bits per heavy atom. The summed E-state index contributed by atoms with van der Waals surface area (Å²) in [5, 5.41) is 10.0. The third-order valence-electron chi connectivity index (χ3n) is 2.11. The molecule has 0 aliphatic heterocycles. The summed E-state index contributed by atoms with van der Waals surface area (Å²) in [5.74, 6) is 0. The van der Waals surface area contributed by atoms with Gasteiger partial charge in [-0.3, -0.25) is 0 Å². The molecular formula is C11H10BrNOS. The Morgan fingerprint density at radius 2 is 2.27 bits per heavy atom. The molecule has 1 aromatic heterocycles. The predicted octanol–water partition coefficient (Wildman–Crippen LogP) is 3.37. The average Bonchev–Trinajstić information content (AvgIpc) is 2.60. The molecule has 0 atom stereocenters. The van der Waals surface area contributed by atoms with Crippen LogP contribution in [0.5, 0.6) is 0 Å². The maximum Gasteiger partial charge on any atom is 0.124 e. The standard InChI is InChI=1S/C11H10BrNOS/c1-7-10(6-14)13-11(15-7)8-3-2-4-9(12)5-8/h2-5,14H,6H2,1H3. The van der Waals surface area contributed by atoms with Gasteiger partial charge in [-0.2, -0.15) is 0 Å². The molecule has 2 aromatic rings. The lowest BCUT2D eigenvalue weighted by Gasteiger charge is -1.96. The Balaban J connectivity index is 2.45. The minimum atomic E-state index is 0.0103. The zero-order valence-electron chi connectivity index (χ0n) is 8.20. The van der Waals surface area contributed by atoms with Crippen molar-refractivity contribution in [2.24, 2.45) is 0 Å². The summed E-state index contributed by atoms with van der Waals surface area (Å²) in [6.07, 6.45) is 0. The topological polar surface area (TPSA) is 33.1 Å². The molecule has 1 aromatic carbocycles. The number of aliphatic hydroxyl groups excluding tert-OH is 1. The van der Waals surface area contributed by atoms with E-state index >= 15 is 0 Å². The second kappa shape index (κ2) is 4.43. The van der Waals surface area contributed by atoms with Crippen molar-refractivity contribution in [1.82, 2.24) is 4.98 Å². The fourth-order valence-electron chi connectivity index (χ4n) is 1.32. The van der Waals surface area contributed by atoms with Gasteiger partial charge in [0.2, 0.25) is 0 Å². The van der Waals surface area contributed by atoms with Crippen molar-refractivity contribution < 1.29 is 5.11 Å². The zero-order chi connectivity index (χ0) is 10.8. The molecule has 2 rings (SSSR count). The lowest BCUT2D eigenvalue weighted by molar-refractivity contribution is 0.277. The highest BCUT2D eigenvalue weighted by atomic mass is 79.9. The quantitative estimate of drug-likeness (QED) is 0.917. The molecule has 0 saturated carbocycles. The minimum absolute atomic E-state index is 0.0103. The third-order valence-corrected chi connectivity index (χ3v) is 3.67. The number of hydrogen-bond donors (Lipinski definition) is 1. The average molecular weight is 284 g/mol. The highest BCUT2D eigenvalue weighted by Crippen LogP contribution is 2.29. The van der Waals surface area contributed by atoms with E-state index in [9.17, 15) is 0 Å². The van der Waals surface area contributed by atoms with E-state index in [0.717, 1.165) is 25.6 Å². The largest absolute Gasteiger partial charge is 0.390 e. The first-order chi connectivity index (χ1) is 7.20. The monoisotopic (exact) mass is 283 g/mol. The number of hydrogen-bond acceptors (Lipinski definition) is 3. The summed E-state index contributed by atoms with van der Waals surface area (Å²) < 4.78 is 1.04. The Bertz CT molecular complexity index is 481. The van der Waals surface area contributed by atoms with Crippen LogP contribution in [0, 0.1) is 6.92 Å². The molecule has 0 aliphatic carbocycles. The second-order valence-electron chi connectivity index (χ2n) is 3.19. The molecule has 78 valence electrons. The van der Waals surface area contributed by atoms with Crippen LogP contribution in [-0.2, 0) is 6.61 Å². The maximum atomic E-state index is 9.07. The first kappa shape index (κ1) is 10.8. The van der Waals surface area contributed by atoms with Gasteiger partial charge in [-0.05, 0) is 19.1 Å². The fourth-order valence-corrected chi connectivity index (χ4v) is 2.64. The number of rotatable bonds is 2. The number of aliphatic hydroxyl groups is 1. The molecule has 15 heavy (non-hydrogen) atoms. The minimum Gasteiger partial charge on any atom is -0.390 e. The molecule has 0 fully saturated rings. The van der Waals surface area contributed by atoms with E-state index in [1.807, 2.05) is 31.2 Å². The van der Waals surface area contributed by atoms with Crippen LogP contribution in [0.2, 0.25) is 0 Å². The SMILES string of the molecule is Cc1sc(-c2cccc(Br)c2)nc1CO. The fraction of sp³-hybridized carbons (Fsp3) is 0.182. The van der Waals surface area contributed by atoms with Crippen molar-refractivity contribution in [2.45, 2.75) is 13.5 Å². The van der Waals surface area contributed by atoms with Gasteiger partial charge in [-0.25, -0.2) is 4.98 Å². The van der Waals surface area contributed by atoms with Gasteiger partial charge in [0.1, 0.15) is 5.01 Å². The van der Waals surface area contributed by atoms with Crippen LogP contribution < -0.4 is 0 Å². The van der Waals surface area contributed by atoms with Crippen LogP contribution in [0.15, 0.2) is 28.7 Å². The first-order valence-electron chi connectivity index (χ1n) is 4.54. The van der Waals surface area contributed by atoms with E-state index in [1.54, 1.807) is 11.3 Å². The van der Waals surface area contributed by atoms with E-state index in [-0.39, 0.29) is 6.61 Å². The van der Waals surface area contributed by atoms with Crippen molar-refractivity contribution in [3.63, 3.8) is 0 Å². The van der Waals surface area contributed by atoms with Crippen molar-refractivity contribution in [3.8, 4) is 10.6 Å². The van der Waals surface area contributed by atoms with Crippen molar-refractivity contribution in [3.05, 3.63) is 39.3 Å². The number of benzene rings is 1. The molecule has 0 unspecified atom stereocenters. The van der Waals surface area contributed by atoms with Crippen LogP contribution in [0.1, 0.15) is 10.6 Å². The second-order valence-corrected chi connectivity index (χ2v) is 5.31. The lowest BCUT2D eigenvalue weighted by Crippen LogP contribution is -1.85. The molecule has 1 heterocycles. The molecule has 0 saturated heterocycles. The summed E-state index contributed by atoms with van der Waals surface area (Å²) >= 11 is 5.04. The molecule has 2 nitrogen and oxygen atoms in total. The van der Waals surface area contributed by atoms with Crippen LogP contribution in [-0.4, -0.2) is 10.1 Å². The van der Waals surface area contributed by atoms with Gasteiger partial charge < -0.3 is 5.11 Å². The van der Waals surface area contributed by atoms with E-state index in [4.69, 9.17) is 5.11 Å². The summed E-state index contributed by atoms with van der Waals surface area (Å²) in [6, 6.07) is 8.01. The van der Waals surface area contributed by atoms with E-state index < -0.39 is 0 Å². The molecule has 0 aliphatic rings. The molecule has 0 spiro atoms. The Morgan fingerprint density at radius 1 is 1.47 bits per heavy atom. The first-order valence-corrected chi connectivity index (χ1v) is 6.15. The van der Waals surface area contributed by atoms with Crippen LogP contribution in [0.25, 0.3) is 10.6 Å². The van der Waals surface area contributed by atoms with Gasteiger partial charge in [-0.1, -0.05) is 28.1 Å².